The summed E-state index contributed by atoms with van der Waals surface area (Å²) in [5.74, 6) is 0.101. The molecule has 1 aromatic rings. The molecule has 1 fully saturated rings. The second-order valence-corrected chi connectivity index (χ2v) is 7.44. The summed E-state index contributed by atoms with van der Waals surface area (Å²) < 4.78 is 11.3. The van der Waals surface area contributed by atoms with Crippen LogP contribution in [0.4, 0.5) is 0 Å². The van der Waals surface area contributed by atoms with Crippen molar-refractivity contribution in [1.82, 2.24) is 0 Å². The van der Waals surface area contributed by atoms with Crippen molar-refractivity contribution in [3.63, 3.8) is 0 Å². The summed E-state index contributed by atoms with van der Waals surface area (Å²) in [6.07, 6.45) is 0. The minimum absolute atomic E-state index is 0.0287. The lowest BCUT2D eigenvalue weighted by Crippen LogP contribution is -2.26. The van der Waals surface area contributed by atoms with E-state index in [9.17, 15) is 4.79 Å². The summed E-state index contributed by atoms with van der Waals surface area (Å²) in [7, 11) is 0. The molecule has 0 saturated heterocycles. The van der Waals surface area contributed by atoms with Crippen molar-refractivity contribution in [1.29, 1.82) is 0 Å². The molecule has 3 nitrogen and oxygen atoms in total. The molecule has 3 heteroatoms. The molecule has 0 aromatic heterocycles. The Kier molecular flexibility index (Phi) is 4.43. The molecule has 0 amide bonds. The summed E-state index contributed by atoms with van der Waals surface area (Å²) >= 11 is 0. The highest BCUT2D eigenvalue weighted by atomic mass is 16.6. The van der Waals surface area contributed by atoms with E-state index in [0.717, 1.165) is 5.56 Å². The third kappa shape index (κ3) is 4.07. The summed E-state index contributed by atoms with van der Waals surface area (Å²) in [6.45, 7) is 11.1. The molecule has 2 unspecified atom stereocenters. The van der Waals surface area contributed by atoms with E-state index in [2.05, 4.69) is 13.8 Å². The van der Waals surface area contributed by atoms with Gasteiger partial charge in [0.2, 0.25) is 0 Å². The SMILES string of the molecule is CC(C)(C)OC(=O)C1C(COCc2ccccc2)C1(C)C. The quantitative estimate of drug-likeness (QED) is 0.773. The molecule has 0 radical (unpaired) electrons. The van der Waals surface area contributed by atoms with Gasteiger partial charge in [0.05, 0.1) is 19.1 Å². The summed E-state index contributed by atoms with van der Waals surface area (Å²) in [5.41, 5.74) is 0.703. The van der Waals surface area contributed by atoms with Gasteiger partial charge in [-0.05, 0) is 31.7 Å². The van der Waals surface area contributed by atoms with Crippen molar-refractivity contribution in [3.8, 4) is 0 Å². The Morgan fingerprint density at radius 3 is 2.38 bits per heavy atom. The van der Waals surface area contributed by atoms with Crippen LogP contribution in [0.1, 0.15) is 40.2 Å². The lowest BCUT2D eigenvalue weighted by molar-refractivity contribution is -0.157. The summed E-state index contributed by atoms with van der Waals surface area (Å²) in [5, 5.41) is 0. The van der Waals surface area contributed by atoms with Crippen LogP contribution in [0.25, 0.3) is 0 Å². The van der Waals surface area contributed by atoms with Crippen LogP contribution in [0.5, 0.6) is 0 Å². The van der Waals surface area contributed by atoms with Crippen LogP contribution in [0.2, 0.25) is 0 Å². The van der Waals surface area contributed by atoms with Gasteiger partial charge in [0, 0.05) is 5.92 Å². The molecule has 0 N–H and O–H groups in total. The Balaban J connectivity index is 1.83. The molecule has 21 heavy (non-hydrogen) atoms. The van der Waals surface area contributed by atoms with Crippen LogP contribution in [-0.4, -0.2) is 18.2 Å². The van der Waals surface area contributed by atoms with Crippen LogP contribution in [0, 0.1) is 17.3 Å². The highest BCUT2D eigenvalue weighted by molar-refractivity contribution is 5.78. The zero-order chi connectivity index (χ0) is 15.7. The Morgan fingerprint density at radius 2 is 1.81 bits per heavy atom. The van der Waals surface area contributed by atoms with Gasteiger partial charge in [0.25, 0.3) is 0 Å². The fourth-order valence-corrected chi connectivity index (χ4v) is 2.77. The minimum Gasteiger partial charge on any atom is -0.460 e. The molecular weight excluding hydrogens is 264 g/mol. The van der Waals surface area contributed by atoms with Gasteiger partial charge in [0.15, 0.2) is 0 Å². The van der Waals surface area contributed by atoms with Crippen molar-refractivity contribution in [3.05, 3.63) is 35.9 Å². The topological polar surface area (TPSA) is 35.5 Å². The van der Waals surface area contributed by atoms with Crippen LogP contribution in [0.3, 0.4) is 0 Å². The average molecular weight is 290 g/mol. The normalized spacial score (nSPS) is 23.7. The van der Waals surface area contributed by atoms with Gasteiger partial charge in [-0.25, -0.2) is 0 Å². The van der Waals surface area contributed by atoms with Gasteiger partial charge in [-0.3, -0.25) is 4.79 Å². The number of esters is 1. The lowest BCUT2D eigenvalue weighted by atomic mass is 10.1. The molecule has 2 atom stereocenters. The van der Waals surface area contributed by atoms with Crippen molar-refractivity contribution in [2.24, 2.45) is 17.3 Å². The second kappa shape index (κ2) is 5.80. The maximum Gasteiger partial charge on any atom is 0.310 e. The van der Waals surface area contributed by atoms with Gasteiger partial charge >= 0.3 is 5.97 Å². The lowest BCUT2D eigenvalue weighted by Gasteiger charge is -2.20. The molecule has 1 aromatic carbocycles. The molecule has 0 aliphatic heterocycles. The van der Waals surface area contributed by atoms with Crippen molar-refractivity contribution in [2.45, 2.75) is 46.8 Å². The average Bonchev–Trinajstić information content (AvgIpc) is 2.90. The number of hydrogen-bond donors (Lipinski definition) is 0. The summed E-state index contributed by atoms with van der Waals surface area (Å²) in [4.78, 5) is 12.2. The monoisotopic (exact) mass is 290 g/mol. The predicted molar refractivity (Wildman–Crippen MR) is 82.7 cm³/mol. The molecule has 1 saturated carbocycles. The van der Waals surface area contributed by atoms with Gasteiger partial charge in [0.1, 0.15) is 5.60 Å². The third-order valence-corrected chi connectivity index (χ3v) is 4.12. The number of ether oxygens (including phenoxy) is 2. The van der Waals surface area contributed by atoms with Crippen LogP contribution in [0.15, 0.2) is 30.3 Å². The Hall–Kier alpha value is -1.35. The number of hydrogen-bond acceptors (Lipinski definition) is 3. The molecule has 116 valence electrons. The predicted octanol–water partition coefficient (Wildman–Crippen LogP) is 3.82. The largest absolute Gasteiger partial charge is 0.460 e. The van der Waals surface area contributed by atoms with Crippen molar-refractivity contribution >= 4 is 5.97 Å². The number of carbonyl (C=O) groups is 1. The molecule has 0 heterocycles. The smallest absolute Gasteiger partial charge is 0.310 e. The molecule has 0 spiro atoms. The van der Waals surface area contributed by atoms with Crippen molar-refractivity contribution in [2.75, 3.05) is 6.61 Å². The molecule has 2 rings (SSSR count). The molecular formula is C18H26O3. The minimum atomic E-state index is -0.425. The zero-order valence-corrected chi connectivity index (χ0v) is 13.7. The zero-order valence-electron chi connectivity index (χ0n) is 13.7. The van der Waals surface area contributed by atoms with Crippen LogP contribution >= 0.6 is 0 Å². The fourth-order valence-electron chi connectivity index (χ4n) is 2.77. The Bertz CT molecular complexity index is 485. The first-order chi connectivity index (χ1) is 9.72. The number of carbonyl (C=O) groups excluding carboxylic acids is 1. The first-order valence-electron chi connectivity index (χ1n) is 7.56. The Morgan fingerprint density at radius 1 is 1.19 bits per heavy atom. The highest BCUT2D eigenvalue weighted by Gasteiger charge is 2.62. The second-order valence-electron chi connectivity index (χ2n) is 7.44. The first kappa shape index (κ1) is 16.0. The molecule has 1 aliphatic rings. The van der Waals surface area contributed by atoms with Crippen LogP contribution in [-0.2, 0) is 20.9 Å². The van der Waals surface area contributed by atoms with E-state index in [4.69, 9.17) is 9.47 Å². The van der Waals surface area contributed by atoms with E-state index in [1.807, 2.05) is 51.1 Å². The third-order valence-electron chi connectivity index (χ3n) is 4.12. The maximum atomic E-state index is 12.2. The van der Waals surface area contributed by atoms with Gasteiger partial charge < -0.3 is 9.47 Å². The van der Waals surface area contributed by atoms with Crippen molar-refractivity contribution < 1.29 is 14.3 Å². The van der Waals surface area contributed by atoms with Gasteiger partial charge in [-0.2, -0.15) is 0 Å². The standard InChI is InChI=1S/C18H26O3/c1-17(2,3)21-16(19)15-14(18(15,4)5)12-20-11-13-9-7-6-8-10-13/h6-10,14-15H,11-12H2,1-5H3. The molecule has 1 aliphatic carbocycles. The van der Waals surface area contributed by atoms with E-state index < -0.39 is 5.60 Å². The maximum absolute atomic E-state index is 12.2. The first-order valence-corrected chi connectivity index (χ1v) is 7.56. The highest BCUT2D eigenvalue weighted by Crippen LogP contribution is 2.59. The fraction of sp³-hybridized carbons (Fsp3) is 0.611. The van der Waals surface area contributed by atoms with E-state index in [1.54, 1.807) is 0 Å². The summed E-state index contributed by atoms with van der Waals surface area (Å²) in [6, 6.07) is 10.1. The molecule has 0 bridgehead atoms. The van der Waals surface area contributed by atoms with E-state index in [0.29, 0.717) is 13.2 Å². The Labute approximate surface area is 127 Å². The van der Waals surface area contributed by atoms with E-state index in [1.165, 1.54) is 0 Å². The van der Waals surface area contributed by atoms with Crippen LogP contribution < -0.4 is 0 Å². The van der Waals surface area contributed by atoms with E-state index in [-0.39, 0.29) is 23.2 Å². The van der Waals surface area contributed by atoms with E-state index >= 15 is 0 Å². The van der Waals surface area contributed by atoms with Gasteiger partial charge in [-0.15, -0.1) is 0 Å². The van der Waals surface area contributed by atoms with Gasteiger partial charge in [-0.1, -0.05) is 44.2 Å². The number of benzene rings is 1. The number of rotatable bonds is 5.